The van der Waals surface area contributed by atoms with Crippen LogP contribution in [-0.2, 0) is 10.5 Å². The van der Waals surface area contributed by atoms with E-state index < -0.39 is 0 Å². The van der Waals surface area contributed by atoms with Gasteiger partial charge in [-0.15, -0.1) is 10.2 Å². The molecule has 25 heavy (non-hydrogen) atoms. The third kappa shape index (κ3) is 3.70. The van der Waals surface area contributed by atoms with Crippen LogP contribution in [0.3, 0.4) is 0 Å². The van der Waals surface area contributed by atoms with Crippen LogP contribution in [-0.4, -0.2) is 36.5 Å². The van der Waals surface area contributed by atoms with E-state index in [1.165, 1.54) is 0 Å². The van der Waals surface area contributed by atoms with E-state index in [0.29, 0.717) is 11.3 Å². The summed E-state index contributed by atoms with van der Waals surface area (Å²) in [5, 5.41) is 10.4. The second kappa shape index (κ2) is 7.15. The first-order valence-corrected chi connectivity index (χ1v) is 9.82. The summed E-state index contributed by atoms with van der Waals surface area (Å²) in [6, 6.07) is 7.49. The molecule has 6 nitrogen and oxygen atoms in total. The Balaban J connectivity index is 1.52. The Morgan fingerprint density at radius 2 is 2.08 bits per heavy atom. The normalized spacial score (nSPS) is 15.0. The fraction of sp³-hybridized carbons (Fsp3) is 0.353. The van der Waals surface area contributed by atoms with Gasteiger partial charge in [-0.1, -0.05) is 35.2 Å². The summed E-state index contributed by atoms with van der Waals surface area (Å²) < 4.78 is 11.6. The number of anilines is 1. The van der Waals surface area contributed by atoms with Gasteiger partial charge in [0.25, 0.3) is 0 Å². The van der Waals surface area contributed by atoms with Gasteiger partial charge < -0.3 is 14.1 Å². The maximum absolute atomic E-state index is 11.8. The highest BCUT2D eigenvalue weighted by atomic mass is 32.2. The molecule has 1 fully saturated rings. The highest BCUT2D eigenvalue weighted by Crippen LogP contribution is 2.32. The number of fused-ring (bicyclic) bond motifs is 1. The average Bonchev–Trinajstić information content (AvgIpc) is 3.09. The molecule has 3 heterocycles. The zero-order valence-corrected chi connectivity index (χ0v) is 15.4. The third-order valence-corrected chi connectivity index (χ3v) is 6.18. The quantitative estimate of drug-likeness (QED) is 0.513. The van der Waals surface area contributed by atoms with E-state index in [9.17, 15) is 4.79 Å². The van der Waals surface area contributed by atoms with Crippen LogP contribution in [0, 0.1) is 6.92 Å². The predicted octanol–water partition coefficient (Wildman–Crippen LogP) is 3.08. The first-order chi connectivity index (χ1) is 12.2. The molecule has 3 aromatic rings. The molecular weight excluding hydrogens is 358 g/mol. The highest BCUT2D eigenvalue weighted by Gasteiger charge is 2.16. The Kier molecular flexibility index (Phi) is 4.74. The molecule has 1 saturated heterocycles. The lowest BCUT2D eigenvalue weighted by Crippen LogP contribution is -2.36. The lowest BCUT2D eigenvalue weighted by molar-refractivity contribution is 0.122. The summed E-state index contributed by atoms with van der Waals surface area (Å²) in [5.41, 5.74) is 2.34. The monoisotopic (exact) mass is 375 g/mol. The molecule has 130 valence electrons. The number of morpholine rings is 1. The minimum absolute atomic E-state index is 0.319. The SMILES string of the molecule is Cc1ccc2c(CSc3nnc(N4CCOCC4)s3)cc(=O)oc2c1. The summed E-state index contributed by atoms with van der Waals surface area (Å²) in [6.45, 7) is 5.14. The highest BCUT2D eigenvalue weighted by molar-refractivity contribution is 8.00. The Hall–Kier alpha value is -1.90. The van der Waals surface area contributed by atoms with Crippen LogP contribution in [0.5, 0.6) is 0 Å². The Morgan fingerprint density at radius 3 is 2.92 bits per heavy atom. The van der Waals surface area contributed by atoms with Gasteiger partial charge in [-0.25, -0.2) is 4.79 Å². The van der Waals surface area contributed by atoms with Crippen molar-refractivity contribution < 1.29 is 9.15 Å². The van der Waals surface area contributed by atoms with Crippen LogP contribution in [0.4, 0.5) is 5.13 Å². The molecule has 8 heteroatoms. The lowest BCUT2D eigenvalue weighted by atomic mass is 10.1. The van der Waals surface area contributed by atoms with Crippen molar-refractivity contribution in [2.24, 2.45) is 0 Å². The van der Waals surface area contributed by atoms with E-state index in [0.717, 1.165) is 52.3 Å². The summed E-state index contributed by atoms with van der Waals surface area (Å²) in [6.07, 6.45) is 0. The number of ether oxygens (including phenoxy) is 1. The van der Waals surface area contributed by atoms with Crippen molar-refractivity contribution in [2.45, 2.75) is 17.0 Å². The summed E-state index contributed by atoms with van der Waals surface area (Å²) in [5.74, 6) is 0.656. The van der Waals surface area contributed by atoms with Gasteiger partial charge in [-0.2, -0.15) is 0 Å². The maximum Gasteiger partial charge on any atom is 0.336 e. The van der Waals surface area contributed by atoms with E-state index in [1.807, 2.05) is 25.1 Å². The van der Waals surface area contributed by atoms with Gasteiger partial charge in [-0.05, 0) is 24.1 Å². The maximum atomic E-state index is 11.8. The number of aryl methyl sites for hydroxylation is 1. The fourth-order valence-corrected chi connectivity index (χ4v) is 4.62. The smallest absolute Gasteiger partial charge is 0.336 e. The molecular formula is C17H17N3O3S2. The van der Waals surface area contributed by atoms with Crippen molar-refractivity contribution in [3.05, 3.63) is 45.8 Å². The van der Waals surface area contributed by atoms with Gasteiger partial charge in [0.1, 0.15) is 5.58 Å². The number of aromatic nitrogens is 2. The number of thioether (sulfide) groups is 1. The fourth-order valence-electron chi connectivity index (χ4n) is 2.74. The molecule has 0 atom stereocenters. The largest absolute Gasteiger partial charge is 0.423 e. The van der Waals surface area contributed by atoms with E-state index in [1.54, 1.807) is 29.2 Å². The summed E-state index contributed by atoms with van der Waals surface area (Å²) in [4.78, 5) is 14.0. The second-order valence-corrected chi connectivity index (χ2v) is 8.01. The first-order valence-electron chi connectivity index (χ1n) is 8.01. The molecule has 1 aliphatic heterocycles. The van der Waals surface area contributed by atoms with Gasteiger partial charge in [0.2, 0.25) is 5.13 Å². The Labute approximate surface area is 152 Å². The molecule has 4 rings (SSSR count). The molecule has 0 unspecified atom stereocenters. The van der Waals surface area contributed by atoms with Gasteiger partial charge in [0, 0.05) is 30.3 Å². The second-order valence-electron chi connectivity index (χ2n) is 5.83. The number of benzene rings is 1. The Bertz CT molecular complexity index is 948. The molecule has 1 aliphatic rings. The van der Waals surface area contributed by atoms with Gasteiger partial charge in [-0.3, -0.25) is 0 Å². The molecule has 0 radical (unpaired) electrons. The van der Waals surface area contributed by atoms with Crippen molar-refractivity contribution in [2.75, 3.05) is 31.2 Å². The van der Waals surface area contributed by atoms with Crippen LogP contribution in [0.15, 0.2) is 37.8 Å². The van der Waals surface area contributed by atoms with E-state index in [4.69, 9.17) is 9.15 Å². The topological polar surface area (TPSA) is 68.5 Å². The van der Waals surface area contributed by atoms with Crippen molar-refractivity contribution in [3.8, 4) is 0 Å². The number of hydrogen-bond donors (Lipinski definition) is 0. The van der Waals surface area contributed by atoms with Gasteiger partial charge in [0.05, 0.1) is 13.2 Å². The molecule has 0 amide bonds. The minimum atomic E-state index is -0.319. The van der Waals surface area contributed by atoms with Crippen LogP contribution in [0.1, 0.15) is 11.1 Å². The molecule has 0 N–H and O–H groups in total. The summed E-state index contributed by atoms with van der Waals surface area (Å²) >= 11 is 3.17. The number of hydrogen-bond acceptors (Lipinski definition) is 8. The number of rotatable bonds is 4. The standard InChI is InChI=1S/C17H17N3O3S2/c1-11-2-3-13-12(9-15(21)23-14(13)8-11)10-24-17-19-18-16(25-17)20-4-6-22-7-5-20/h2-3,8-9H,4-7,10H2,1H3. The van der Waals surface area contributed by atoms with Crippen molar-refractivity contribution in [1.29, 1.82) is 0 Å². The van der Waals surface area contributed by atoms with Crippen LogP contribution >= 0.6 is 23.1 Å². The van der Waals surface area contributed by atoms with E-state index >= 15 is 0 Å². The Morgan fingerprint density at radius 1 is 1.24 bits per heavy atom. The van der Waals surface area contributed by atoms with Crippen LogP contribution < -0.4 is 10.5 Å². The minimum Gasteiger partial charge on any atom is -0.423 e. The number of nitrogens with zero attached hydrogens (tertiary/aromatic N) is 3. The van der Waals surface area contributed by atoms with E-state index in [2.05, 4.69) is 15.1 Å². The third-order valence-electron chi connectivity index (χ3n) is 4.01. The lowest BCUT2D eigenvalue weighted by Gasteiger charge is -2.25. The molecule has 0 saturated carbocycles. The van der Waals surface area contributed by atoms with Crippen LogP contribution in [0.2, 0.25) is 0 Å². The van der Waals surface area contributed by atoms with Gasteiger partial charge >= 0.3 is 5.63 Å². The van der Waals surface area contributed by atoms with E-state index in [-0.39, 0.29) is 5.63 Å². The van der Waals surface area contributed by atoms with Crippen LogP contribution in [0.25, 0.3) is 11.0 Å². The molecule has 2 aromatic heterocycles. The van der Waals surface area contributed by atoms with Crippen molar-refractivity contribution in [3.63, 3.8) is 0 Å². The molecule has 0 spiro atoms. The zero-order valence-electron chi connectivity index (χ0n) is 13.7. The van der Waals surface area contributed by atoms with Gasteiger partial charge in [0.15, 0.2) is 4.34 Å². The molecule has 1 aromatic carbocycles. The predicted molar refractivity (Wildman–Crippen MR) is 99.7 cm³/mol. The molecule has 0 aliphatic carbocycles. The van der Waals surface area contributed by atoms with Crippen molar-refractivity contribution >= 4 is 39.2 Å². The van der Waals surface area contributed by atoms with Crippen molar-refractivity contribution in [1.82, 2.24) is 10.2 Å². The zero-order chi connectivity index (χ0) is 17.2. The molecule has 0 bridgehead atoms. The first kappa shape index (κ1) is 16.6. The average molecular weight is 375 g/mol. The summed E-state index contributed by atoms with van der Waals surface area (Å²) in [7, 11) is 0.